The number of anilines is 4. The number of benzene rings is 11. The number of hydrogen-bond acceptors (Lipinski definition) is 2. The average Bonchev–Trinajstić information content (AvgIpc) is 1.68. The molecule has 12 aromatic rings. The lowest BCUT2D eigenvalue weighted by molar-refractivity contribution is 0.411. The van der Waals surface area contributed by atoms with E-state index < -0.39 is 17.5 Å². The molecule has 4 aliphatic carbocycles. The van der Waals surface area contributed by atoms with E-state index in [0.717, 1.165) is 111 Å². The minimum Gasteiger partial charge on any atom is -0.342 e. The Balaban J connectivity index is 0.962. The summed E-state index contributed by atoms with van der Waals surface area (Å²) in [6.45, 7) is 46.2. The van der Waals surface area contributed by atoms with Gasteiger partial charge in [0, 0.05) is 76.0 Å². The molecular weight excluding hydrogens is 1450 g/mol. The lowest BCUT2D eigenvalue weighted by Crippen LogP contribution is -2.62. The maximum Gasteiger partial charge on any atom is 0.252 e. The Morgan fingerprint density at radius 2 is 0.775 bits per heavy atom. The Hall–Kier alpha value is -10.9. The molecule has 0 saturated heterocycles. The van der Waals surface area contributed by atoms with Crippen molar-refractivity contribution in [1.82, 2.24) is 4.57 Å². The van der Waals surface area contributed by atoms with E-state index in [-0.39, 0.29) is 111 Å². The van der Waals surface area contributed by atoms with Gasteiger partial charge < -0.3 is 14.4 Å². The van der Waals surface area contributed by atoms with Crippen LogP contribution in [0.5, 0.6) is 0 Å². The van der Waals surface area contributed by atoms with Gasteiger partial charge in [0.15, 0.2) is 0 Å². The van der Waals surface area contributed by atoms with Crippen LogP contribution in [0, 0.1) is 28.1 Å². The standard InChI is InChI=1S/C116H122BN3/c1-110(2,3)71-74-57-105-109-106(58-74)119(55-53-90-94(77-38-30-24-31-39-77)68-88(116(19,20)21)69-95(90)78-40-32-25-33-41-78)104-56-73(72-120-101-50-46-83(111(4,5)6)64-96(101)97-65-84(112(7,8)9)47-51-102(97)120)42-48-99(104)117(109)100-63-79(91-62-82-61-85(113(10,11)12)59-80-43-44-81-60-86(114(13,14)15)70-98(91)108(81)107(80)82)45-49-103(100)118(105)54-52-89-92(75-34-26-22-27-35-75)66-87(115(16,17)18)67-93(89)76-36-28-23-29-37-76/h22-51,56-70,107-108H,52-55,71-72H2,1-21H3/i45D,46D,47D,49D,50D,51D,63D,64D,65D. The quantitative estimate of drug-likeness (QED) is 0.101. The van der Waals surface area contributed by atoms with Gasteiger partial charge in [-0.2, -0.15) is 0 Å². The number of nitrogens with zero attached hydrogens (tertiary/aromatic N) is 3. The first-order chi connectivity index (χ1) is 60.7. The highest BCUT2D eigenvalue weighted by Gasteiger charge is 2.46. The van der Waals surface area contributed by atoms with Crippen molar-refractivity contribution in [3.05, 3.63) is 356 Å². The van der Waals surface area contributed by atoms with E-state index in [0.29, 0.717) is 71.0 Å². The third-order valence-corrected chi connectivity index (χ3v) is 25.9. The Bertz CT molecular complexity index is 6710. The van der Waals surface area contributed by atoms with Crippen LogP contribution >= 0.6 is 0 Å². The zero-order valence-corrected chi connectivity index (χ0v) is 74.6. The fraction of sp³-hybridized carbons (Fsp3) is 0.310. The van der Waals surface area contributed by atoms with E-state index in [1.54, 1.807) is 0 Å². The van der Waals surface area contributed by atoms with E-state index in [9.17, 15) is 12.3 Å². The predicted octanol–water partition coefficient (Wildman–Crippen LogP) is 28.5. The molecule has 0 fully saturated rings. The number of hydrogen-bond donors (Lipinski definition) is 0. The molecule has 0 amide bonds. The van der Waals surface area contributed by atoms with Crippen LogP contribution in [-0.2, 0) is 47.5 Å². The smallest absolute Gasteiger partial charge is 0.252 e. The van der Waals surface area contributed by atoms with E-state index in [1.807, 2.05) is 46.1 Å². The van der Waals surface area contributed by atoms with Crippen LogP contribution in [0.25, 0.3) is 71.9 Å². The second kappa shape index (κ2) is 29.5. The van der Waals surface area contributed by atoms with Gasteiger partial charge >= 0.3 is 0 Å². The van der Waals surface area contributed by atoms with Crippen molar-refractivity contribution in [2.45, 2.75) is 193 Å². The van der Waals surface area contributed by atoms with Crippen molar-refractivity contribution in [2.24, 2.45) is 28.1 Å². The van der Waals surface area contributed by atoms with Gasteiger partial charge in [-0.3, -0.25) is 0 Å². The molecule has 0 bridgehead atoms. The van der Waals surface area contributed by atoms with Crippen LogP contribution < -0.4 is 26.2 Å². The zero-order chi connectivity index (χ0) is 92.1. The van der Waals surface area contributed by atoms with Gasteiger partial charge in [0.2, 0.25) is 0 Å². The molecule has 18 rings (SSSR count). The normalized spacial score (nSPS) is 17.6. The monoisotopic (exact) mass is 1580 g/mol. The Labute approximate surface area is 730 Å². The molecule has 3 heterocycles. The molecule has 0 spiro atoms. The lowest BCUT2D eigenvalue weighted by atomic mass is 9.33. The highest BCUT2D eigenvalue weighted by molar-refractivity contribution is 7.00. The second-order valence-corrected chi connectivity index (χ2v) is 42.3. The van der Waals surface area contributed by atoms with Crippen LogP contribution in [0.1, 0.15) is 208 Å². The Morgan fingerprint density at radius 1 is 0.350 bits per heavy atom. The summed E-state index contributed by atoms with van der Waals surface area (Å²) < 4.78 is 97.5. The molecule has 6 aliphatic rings. The first-order valence-electron chi connectivity index (χ1n) is 48.3. The SMILES string of the molecule is [2H]c1c([2H])c2c(c([2H])c1C1=C3C=C(C(C)(C)C)C=C4C=CC5=CC(C(C)(C)C)=CC(=C1)C5C43)B1c3ccc(Cn4c5c([2H])c([2H])c(C(C)(C)C)c([2H])c5c5c([2H])c(C(C)(C)C)c([2H])c([2H])c54)cc3N(CCc3c(-c4ccccc4)cc(C(C)(C)C)cc3-c3ccccc3)c3cc(CC(C)(C)C)cc(c31)N2CCc1c(-c2ccccc2)cc(C(C)(C)C)cc1-c1ccccc1. The summed E-state index contributed by atoms with van der Waals surface area (Å²) in [5.41, 5.74) is 28.4. The molecule has 2 aliphatic heterocycles. The first kappa shape index (κ1) is 69.8. The minimum atomic E-state index is -0.743. The molecule has 0 N–H and O–H groups in total. The summed E-state index contributed by atoms with van der Waals surface area (Å²) in [7, 11) is 0. The van der Waals surface area contributed by atoms with Crippen molar-refractivity contribution >= 4 is 73.2 Å². The van der Waals surface area contributed by atoms with Crippen molar-refractivity contribution in [2.75, 3.05) is 22.9 Å². The van der Waals surface area contributed by atoms with Gasteiger partial charge in [-0.05, 0) is 256 Å². The maximum absolute atomic E-state index is 12.0. The molecule has 0 radical (unpaired) electrons. The third-order valence-electron chi connectivity index (χ3n) is 25.9. The lowest BCUT2D eigenvalue weighted by Gasteiger charge is -2.46. The molecule has 1 aromatic heterocycles. The maximum atomic E-state index is 12.0. The van der Waals surface area contributed by atoms with Crippen LogP contribution in [0.15, 0.2) is 306 Å². The number of rotatable bonds is 14. The summed E-state index contributed by atoms with van der Waals surface area (Å²) in [5.74, 6) is -0.126. The van der Waals surface area contributed by atoms with Gasteiger partial charge in [-0.25, -0.2) is 0 Å². The summed E-state index contributed by atoms with van der Waals surface area (Å²) in [5, 5.41) is 0.670. The fourth-order valence-electron chi connectivity index (χ4n) is 19.4. The number of aromatic nitrogens is 1. The summed E-state index contributed by atoms with van der Waals surface area (Å²) in [6.07, 6.45) is 18.2. The number of allylic oxidation sites excluding steroid dienone is 14. The van der Waals surface area contributed by atoms with Crippen LogP contribution in [-0.4, -0.2) is 24.4 Å². The Morgan fingerprint density at radius 3 is 1.21 bits per heavy atom. The molecule has 3 nitrogen and oxygen atoms in total. The van der Waals surface area contributed by atoms with Crippen LogP contribution in [0.4, 0.5) is 22.7 Å². The molecule has 11 aromatic carbocycles. The van der Waals surface area contributed by atoms with Crippen molar-refractivity contribution < 1.29 is 12.3 Å². The van der Waals surface area contributed by atoms with Crippen molar-refractivity contribution in [1.29, 1.82) is 0 Å². The van der Waals surface area contributed by atoms with E-state index in [1.165, 1.54) is 33.4 Å². The zero-order valence-electron chi connectivity index (χ0n) is 83.6. The summed E-state index contributed by atoms with van der Waals surface area (Å²) >= 11 is 0. The molecule has 2 atom stereocenters. The summed E-state index contributed by atoms with van der Waals surface area (Å²) in [4.78, 5) is 4.93. The van der Waals surface area contributed by atoms with E-state index in [2.05, 4.69) is 332 Å². The number of fused-ring (bicyclic) bond motifs is 7. The van der Waals surface area contributed by atoms with Crippen LogP contribution in [0.3, 0.4) is 0 Å². The molecular formula is C116H122BN3. The fourth-order valence-corrected chi connectivity index (χ4v) is 19.4. The van der Waals surface area contributed by atoms with Gasteiger partial charge in [-0.1, -0.05) is 370 Å². The largest absolute Gasteiger partial charge is 0.342 e. The third kappa shape index (κ3) is 14.8. The van der Waals surface area contributed by atoms with E-state index in [4.69, 9.17) is 0 Å². The first-order valence-corrected chi connectivity index (χ1v) is 43.8. The average molecular weight is 1580 g/mol. The van der Waals surface area contributed by atoms with Crippen molar-refractivity contribution in [3.8, 4) is 44.5 Å². The van der Waals surface area contributed by atoms with Gasteiger partial charge in [0.05, 0.1) is 12.3 Å². The topological polar surface area (TPSA) is 11.4 Å². The Kier molecular flexibility index (Phi) is 17.1. The van der Waals surface area contributed by atoms with Gasteiger partial charge in [0.25, 0.3) is 6.71 Å². The molecule has 604 valence electrons. The highest BCUT2D eigenvalue weighted by Crippen LogP contribution is 2.56. The molecule has 2 unspecified atom stereocenters. The second-order valence-electron chi connectivity index (χ2n) is 42.3. The predicted molar refractivity (Wildman–Crippen MR) is 519 cm³/mol. The molecule has 120 heavy (non-hydrogen) atoms. The molecule has 0 saturated carbocycles. The van der Waals surface area contributed by atoms with E-state index >= 15 is 0 Å². The van der Waals surface area contributed by atoms with Gasteiger partial charge in [-0.15, -0.1) is 0 Å². The summed E-state index contributed by atoms with van der Waals surface area (Å²) in [6, 6.07) is 64.3. The molecule has 4 heteroatoms. The van der Waals surface area contributed by atoms with Crippen LogP contribution in [0.2, 0.25) is 0 Å². The van der Waals surface area contributed by atoms with Gasteiger partial charge in [0.1, 0.15) is 0 Å². The van der Waals surface area contributed by atoms with Crippen molar-refractivity contribution in [3.63, 3.8) is 0 Å². The minimum absolute atomic E-state index is 0.00288. The highest BCUT2D eigenvalue weighted by atomic mass is 15.2.